The van der Waals surface area contributed by atoms with Gasteiger partial charge in [0.25, 0.3) is 0 Å². The van der Waals surface area contributed by atoms with Crippen LogP contribution in [0.3, 0.4) is 0 Å². The van der Waals surface area contributed by atoms with Crippen LogP contribution in [0.5, 0.6) is 0 Å². The van der Waals surface area contributed by atoms with Gasteiger partial charge in [0.2, 0.25) is 5.91 Å². The van der Waals surface area contributed by atoms with Crippen LogP contribution in [-0.4, -0.2) is 21.7 Å². The van der Waals surface area contributed by atoms with Gasteiger partial charge in [-0.25, -0.2) is 4.99 Å². The lowest BCUT2D eigenvalue weighted by Crippen LogP contribution is -2.37. The van der Waals surface area contributed by atoms with E-state index >= 15 is 0 Å². The third-order valence-corrected chi connectivity index (χ3v) is 6.51. The van der Waals surface area contributed by atoms with Crippen LogP contribution in [0.2, 0.25) is 0 Å². The van der Waals surface area contributed by atoms with E-state index in [1.807, 2.05) is 4.90 Å². The van der Waals surface area contributed by atoms with E-state index in [9.17, 15) is 4.79 Å². The number of hydrogen-bond donors (Lipinski definition) is 0. The van der Waals surface area contributed by atoms with Crippen molar-refractivity contribution in [2.24, 2.45) is 4.99 Å². The molecule has 1 atom stereocenters. The van der Waals surface area contributed by atoms with Crippen molar-refractivity contribution in [3.05, 3.63) is 63.4 Å². The second-order valence-corrected chi connectivity index (χ2v) is 7.82. The van der Waals surface area contributed by atoms with E-state index < -0.39 is 0 Å². The Morgan fingerprint density at radius 2 is 2.04 bits per heavy atom. The van der Waals surface area contributed by atoms with Gasteiger partial charge < -0.3 is 0 Å². The van der Waals surface area contributed by atoms with E-state index in [0.29, 0.717) is 5.75 Å². The first-order valence-electron chi connectivity index (χ1n) is 7.71. The van der Waals surface area contributed by atoms with Gasteiger partial charge in [-0.3, -0.25) is 9.69 Å². The first-order chi connectivity index (χ1) is 11.3. The third kappa shape index (κ3) is 1.96. The number of hydrogen-bond acceptors (Lipinski definition) is 4. The molecule has 1 saturated heterocycles. The summed E-state index contributed by atoms with van der Waals surface area (Å²) in [7, 11) is 0. The highest BCUT2D eigenvalue weighted by molar-refractivity contribution is 8.15. The van der Waals surface area contributed by atoms with Crippen LogP contribution in [0, 0.1) is 0 Å². The van der Waals surface area contributed by atoms with Gasteiger partial charge in [0.15, 0.2) is 5.17 Å². The topological polar surface area (TPSA) is 32.7 Å². The molecule has 114 valence electrons. The lowest BCUT2D eigenvalue weighted by Gasteiger charge is -2.36. The molecule has 0 saturated carbocycles. The summed E-state index contributed by atoms with van der Waals surface area (Å²) in [6, 6.07) is 12.8. The maximum absolute atomic E-state index is 12.4. The molecule has 2 aliphatic heterocycles. The number of amides is 1. The minimum Gasteiger partial charge on any atom is -0.278 e. The highest BCUT2D eigenvalue weighted by atomic mass is 32.2. The predicted molar refractivity (Wildman–Crippen MR) is 95.5 cm³/mol. The number of aryl methyl sites for hydroxylation is 1. The molecule has 5 heteroatoms. The van der Waals surface area contributed by atoms with Gasteiger partial charge >= 0.3 is 0 Å². The highest BCUT2D eigenvalue weighted by Gasteiger charge is 2.42. The van der Waals surface area contributed by atoms with E-state index in [1.165, 1.54) is 21.6 Å². The summed E-state index contributed by atoms with van der Waals surface area (Å²) in [4.78, 5) is 20.5. The SMILES string of the molecule is O=C1CSC2=NC3=C(CCc4ccccc43)[C@@H](c3cccs3)N12. The summed E-state index contributed by atoms with van der Waals surface area (Å²) in [5.74, 6) is 0.681. The summed E-state index contributed by atoms with van der Waals surface area (Å²) in [6.07, 6.45) is 2.00. The molecule has 0 radical (unpaired) electrons. The normalized spacial score (nSPS) is 22.6. The van der Waals surface area contributed by atoms with Gasteiger partial charge in [0, 0.05) is 10.4 Å². The Bertz CT molecular complexity index is 867. The fourth-order valence-corrected chi connectivity index (χ4v) is 5.38. The van der Waals surface area contributed by atoms with Gasteiger partial charge in [-0.1, -0.05) is 42.1 Å². The van der Waals surface area contributed by atoms with Crippen LogP contribution in [0.1, 0.15) is 28.5 Å². The molecule has 3 nitrogen and oxygen atoms in total. The molecule has 1 aromatic heterocycles. The van der Waals surface area contributed by atoms with Crippen molar-refractivity contribution in [3.63, 3.8) is 0 Å². The van der Waals surface area contributed by atoms with Crippen LogP contribution in [0.15, 0.2) is 52.3 Å². The smallest absolute Gasteiger partial charge is 0.239 e. The minimum atomic E-state index is 0.0355. The molecule has 1 aliphatic carbocycles. The fraction of sp³-hybridized carbons (Fsp3) is 0.222. The van der Waals surface area contributed by atoms with Crippen molar-refractivity contribution < 1.29 is 4.79 Å². The number of carbonyl (C=O) groups excluding carboxylic acids is 1. The molecule has 5 rings (SSSR count). The minimum absolute atomic E-state index is 0.0355. The first kappa shape index (κ1) is 13.6. The van der Waals surface area contributed by atoms with Crippen molar-refractivity contribution in [1.82, 2.24) is 4.90 Å². The van der Waals surface area contributed by atoms with Crippen molar-refractivity contribution in [1.29, 1.82) is 0 Å². The summed E-state index contributed by atoms with van der Waals surface area (Å²) >= 11 is 3.29. The highest BCUT2D eigenvalue weighted by Crippen LogP contribution is 2.48. The average molecular weight is 338 g/mol. The molecule has 23 heavy (non-hydrogen) atoms. The van der Waals surface area contributed by atoms with E-state index in [2.05, 4.69) is 41.8 Å². The quantitative estimate of drug-likeness (QED) is 0.784. The Morgan fingerprint density at radius 1 is 1.13 bits per heavy atom. The molecule has 1 aromatic carbocycles. The molecule has 1 fully saturated rings. The number of carbonyl (C=O) groups is 1. The molecular weight excluding hydrogens is 324 g/mol. The van der Waals surface area contributed by atoms with Gasteiger partial charge in [0.1, 0.15) is 0 Å². The summed E-state index contributed by atoms with van der Waals surface area (Å²) in [5, 5.41) is 2.95. The second kappa shape index (κ2) is 5.08. The van der Waals surface area contributed by atoms with E-state index in [0.717, 1.165) is 23.7 Å². The Morgan fingerprint density at radius 3 is 2.91 bits per heavy atom. The lowest BCUT2D eigenvalue weighted by atomic mass is 9.84. The predicted octanol–water partition coefficient (Wildman–Crippen LogP) is 4.09. The molecular formula is C18H14N2OS2. The third-order valence-electron chi connectivity index (χ3n) is 4.65. The summed E-state index contributed by atoms with van der Waals surface area (Å²) in [5.41, 5.74) is 5.00. The summed E-state index contributed by atoms with van der Waals surface area (Å²) < 4.78 is 0. The van der Waals surface area contributed by atoms with Crippen molar-refractivity contribution in [2.75, 3.05) is 5.75 Å². The van der Waals surface area contributed by atoms with Crippen molar-refractivity contribution in [2.45, 2.75) is 18.9 Å². The molecule has 1 amide bonds. The number of benzene rings is 1. The molecule has 3 heterocycles. The van der Waals surface area contributed by atoms with Crippen molar-refractivity contribution >= 4 is 39.9 Å². The number of thioether (sulfide) groups is 1. The summed E-state index contributed by atoms with van der Waals surface area (Å²) in [6.45, 7) is 0. The monoisotopic (exact) mass is 338 g/mol. The van der Waals surface area contributed by atoms with Gasteiger partial charge in [0.05, 0.1) is 17.5 Å². The van der Waals surface area contributed by atoms with E-state index in [1.54, 1.807) is 23.1 Å². The van der Waals surface area contributed by atoms with Gasteiger partial charge in [-0.15, -0.1) is 11.3 Å². The number of nitrogens with zero attached hydrogens (tertiary/aromatic N) is 2. The van der Waals surface area contributed by atoms with Crippen molar-refractivity contribution in [3.8, 4) is 0 Å². The zero-order valence-electron chi connectivity index (χ0n) is 12.4. The largest absolute Gasteiger partial charge is 0.278 e. The number of aliphatic imine (C=N–C) groups is 1. The van der Waals surface area contributed by atoms with Crippen LogP contribution in [0.25, 0.3) is 5.70 Å². The lowest BCUT2D eigenvalue weighted by molar-refractivity contribution is -0.125. The molecule has 3 aliphatic rings. The van der Waals surface area contributed by atoms with E-state index in [-0.39, 0.29) is 11.9 Å². The maximum Gasteiger partial charge on any atom is 0.239 e. The second-order valence-electron chi connectivity index (χ2n) is 5.90. The fourth-order valence-electron chi connectivity index (χ4n) is 3.64. The van der Waals surface area contributed by atoms with Crippen LogP contribution in [0.4, 0.5) is 0 Å². The van der Waals surface area contributed by atoms with Gasteiger partial charge in [-0.2, -0.15) is 0 Å². The van der Waals surface area contributed by atoms with Crippen LogP contribution in [-0.2, 0) is 11.2 Å². The Kier molecular flexibility index (Phi) is 3.00. The Balaban J connectivity index is 1.75. The molecule has 0 spiro atoms. The Hall–Kier alpha value is -1.85. The maximum atomic E-state index is 12.4. The first-order valence-corrected chi connectivity index (χ1v) is 9.58. The average Bonchev–Trinajstić information content (AvgIpc) is 3.23. The standard InChI is InChI=1S/C18H14N2OS2/c21-15-10-23-18-19-16-12-5-2-1-4-11(12)7-8-13(16)17(20(15)18)14-6-3-9-22-14/h1-6,9,17H,7-8,10H2/t17-/m0/s1. The molecule has 0 N–H and O–H groups in total. The Labute approximate surface area is 142 Å². The van der Waals surface area contributed by atoms with Crippen LogP contribution < -0.4 is 0 Å². The number of amidine groups is 1. The number of thiophene rings is 1. The zero-order chi connectivity index (χ0) is 15.4. The molecule has 0 unspecified atom stereocenters. The van der Waals surface area contributed by atoms with Crippen LogP contribution >= 0.6 is 23.1 Å². The van der Waals surface area contributed by atoms with Gasteiger partial charge in [-0.05, 0) is 35.4 Å². The zero-order valence-corrected chi connectivity index (χ0v) is 14.0. The molecule has 2 aromatic rings. The number of rotatable bonds is 1. The van der Waals surface area contributed by atoms with E-state index in [4.69, 9.17) is 4.99 Å². The molecule has 0 bridgehead atoms. The number of fused-ring (bicyclic) bond motifs is 3.